The number of benzene rings is 1. The van der Waals surface area contributed by atoms with Gasteiger partial charge in [0.1, 0.15) is 11.8 Å². The van der Waals surface area contributed by atoms with E-state index >= 15 is 0 Å². The summed E-state index contributed by atoms with van der Waals surface area (Å²) in [7, 11) is 0. The van der Waals surface area contributed by atoms with Crippen LogP contribution in [0.2, 0.25) is 0 Å². The highest BCUT2D eigenvalue weighted by atomic mass is 16.4. The topological polar surface area (TPSA) is 69.6 Å². The van der Waals surface area contributed by atoms with Gasteiger partial charge in [-0.15, -0.1) is 0 Å². The van der Waals surface area contributed by atoms with E-state index in [1.165, 1.54) is 0 Å². The maximum absolute atomic E-state index is 10.9. The minimum absolute atomic E-state index is 0.404. The van der Waals surface area contributed by atoms with Crippen LogP contribution in [0, 0.1) is 0 Å². The van der Waals surface area contributed by atoms with Crippen LogP contribution in [-0.4, -0.2) is 22.2 Å². The highest BCUT2D eigenvalue weighted by Gasteiger charge is 2.36. The molecule has 80 valence electrons. The molecule has 4 nitrogen and oxygen atoms in total. The van der Waals surface area contributed by atoms with Crippen molar-refractivity contribution in [2.75, 3.05) is 0 Å². The fraction of sp³-hybridized carbons (Fsp3) is 0.364. The third kappa shape index (κ3) is 1.73. The summed E-state index contributed by atoms with van der Waals surface area (Å²) in [5, 5.41) is 21.7. The maximum atomic E-state index is 10.9. The molecule has 1 aliphatic heterocycles. The Kier molecular flexibility index (Phi) is 2.25. The van der Waals surface area contributed by atoms with Crippen LogP contribution >= 0.6 is 0 Å². The van der Waals surface area contributed by atoms with Gasteiger partial charge in [-0.3, -0.25) is 10.1 Å². The molecule has 1 aliphatic rings. The summed E-state index contributed by atoms with van der Waals surface area (Å²) in [5.74, 6) is -0.940. The number of nitrogens with one attached hydrogen (secondary N) is 1. The van der Waals surface area contributed by atoms with E-state index in [2.05, 4.69) is 5.32 Å². The van der Waals surface area contributed by atoms with Gasteiger partial charge in [-0.25, -0.2) is 0 Å². The van der Waals surface area contributed by atoms with E-state index in [-0.39, 0.29) is 0 Å². The van der Waals surface area contributed by atoms with Crippen LogP contribution < -0.4 is 5.32 Å². The minimum Gasteiger partial charge on any atom is -0.480 e. The van der Waals surface area contributed by atoms with Gasteiger partial charge in [-0.2, -0.15) is 0 Å². The lowest BCUT2D eigenvalue weighted by molar-refractivity contribution is -0.142. The average Bonchev–Trinajstić information content (AvgIpc) is 2.16. The van der Waals surface area contributed by atoms with E-state index in [9.17, 15) is 9.90 Å². The molecule has 3 N–H and O–H groups in total. The van der Waals surface area contributed by atoms with Gasteiger partial charge in [-0.1, -0.05) is 24.3 Å². The Hall–Kier alpha value is -1.39. The first-order valence-electron chi connectivity index (χ1n) is 4.82. The standard InChI is InChI=1S/C11H13NO3/c1-11(15)8-5-3-2-4-7(8)6-9(12-11)10(13)14/h2-5,9,12,15H,6H2,1H3,(H,13,14). The first-order chi connectivity index (χ1) is 7.00. The predicted molar refractivity (Wildman–Crippen MR) is 54.3 cm³/mol. The van der Waals surface area contributed by atoms with Crippen LogP contribution in [0.5, 0.6) is 0 Å². The molecule has 1 aromatic rings. The average molecular weight is 207 g/mol. The van der Waals surface area contributed by atoms with Crippen molar-refractivity contribution in [3.63, 3.8) is 0 Å². The molecule has 0 radical (unpaired) electrons. The Balaban J connectivity index is 2.43. The Morgan fingerprint density at radius 3 is 2.87 bits per heavy atom. The molecular weight excluding hydrogens is 194 g/mol. The van der Waals surface area contributed by atoms with Crippen molar-refractivity contribution < 1.29 is 15.0 Å². The van der Waals surface area contributed by atoms with Crippen molar-refractivity contribution in [3.05, 3.63) is 35.4 Å². The van der Waals surface area contributed by atoms with E-state index in [0.29, 0.717) is 6.42 Å². The predicted octanol–water partition coefficient (Wildman–Crippen LogP) is 0.450. The molecule has 0 fully saturated rings. The van der Waals surface area contributed by atoms with Gasteiger partial charge < -0.3 is 10.2 Å². The number of carboxylic acid groups (broad SMARTS) is 1. The number of aliphatic carboxylic acids is 1. The number of carbonyl (C=O) groups is 1. The molecule has 0 saturated heterocycles. The molecule has 2 atom stereocenters. The SMILES string of the molecule is CC1(O)NC(C(=O)O)Cc2ccccc21. The molecule has 15 heavy (non-hydrogen) atoms. The zero-order chi connectivity index (χ0) is 11.1. The molecule has 2 unspecified atom stereocenters. The molecule has 0 spiro atoms. The number of hydrogen-bond acceptors (Lipinski definition) is 3. The largest absolute Gasteiger partial charge is 0.480 e. The number of fused-ring (bicyclic) bond motifs is 1. The van der Waals surface area contributed by atoms with Crippen LogP contribution in [0.25, 0.3) is 0 Å². The third-order valence-electron chi connectivity index (χ3n) is 2.72. The van der Waals surface area contributed by atoms with Crippen molar-refractivity contribution in [1.29, 1.82) is 0 Å². The lowest BCUT2D eigenvalue weighted by Crippen LogP contribution is -2.54. The monoisotopic (exact) mass is 207 g/mol. The zero-order valence-corrected chi connectivity index (χ0v) is 8.40. The van der Waals surface area contributed by atoms with Crippen LogP contribution in [0.1, 0.15) is 18.1 Å². The molecule has 1 aromatic carbocycles. The Bertz CT molecular complexity index is 401. The van der Waals surface area contributed by atoms with Crippen LogP contribution in [0.15, 0.2) is 24.3 Å². The second kappa shape index (κ2) is 3.32. The Labute approximate surface area is 87.6 Å². The summed E-state index contributed by atoms with van der Waals surface area (Å²) in [4.78, 5) is 10.9. The maximum Gasteiger partial charge on any atom is 0.321 e. The third-order valence-corrected chi connectivity index (χ3v) is 2.72. The van der Waals surface area contributed by atoms with Gasteiger partial charge in [-0.05, 0) is 18.9 Å². The lowest BCUT2D eigenvalue weighted by Gasteiger charge is -2.35. The molecule has 0 amide bonds. The summed E-state index contributed by atoms with van der Waals surface area (Å²) in [6, 6.07) is 6.60. The first-order valence-corrected chi connectivity index (χ1v) is 4.82. The Morgan fingerprint density at radius 2 is 2.20 bits per heavy atom. The van der Waals surface area contributed by atoms with Crippen molar-refractivity contribution >= 4 is 5.97 Å². The van der Waals surface area contributed by atoms with Crippen molar-refractivity contribution in [2.24, 2.45) is 0 Å². The van der Waals surface area contributed by atoms with Gasteiger partial charge in [0, 0.05) is 5.56 Å². The number of aliphatic hydroxyl groups is 1. The molecule has 1 heterocycles. The van der Waals surface area contributed by atoms with E-state index < -0.39 is 17.7 Å². The van der Waals surface area contributed by atoms with Crippen LogP contribution in [0.4, 0.5) is 0 Å². The summed E-state index contributed by atoms with van der Waals surface area (Å²) in [6.45, 7) is 1.57. The Morgan fingerprint density at radius 1 is 1.53 bits per heavy atom. The summed E-state index contributed by atoms with van der Waals surface area (Å²) in [5.41, 5.74) is 0.369. The highest BCUT2D eigenvalue weighted by molar-refractivity contribution is 5.74. The van der Waals surface area contributed by atoms with Gasteiger partial charge in [0.05, 0.1) is 0 Å². The van der Waals surface area contributed by atoms with Gasteiger partial charge in [0.25, 0.3) is 0 Å². The lowest BCUT2D eigenvalue weighted by atomic mass is 9.88. The quantitative estimate of drug-likeness (QED) is 0.625. The van der Waals surface area contributed by atoms with E-state index in [1.807, 2.05) is 18.2 Å². The second-order valence-electron chi connectivity index (χ2n) is 3.97. The number of hydrogen-bond donors (Lipinski definition) is 3. The van der Waals surface area contributed by atoms with Crippen molar-refractivity contribution in [1.82, 2.24) is 5.32 Å². The first kappa shape index (κ1) is 10.1. The zero-order valence-electron chi connectivity index (χ0n) is 8.40. The van der Waals surface area contributed by atoms with Crippen molar-refractivity contribution in [2.45, 2.75) is 25.1 Å². The summed E-state index contributed by atoms with van der Waals surface area (Å²) < 4.78 is 0. The van der Waals surface area contributed by atoms with Crippen molar-refractivity contribution in [3.8, 4) is 0 Å². The summed E-state index contributed by atoms with van der Waals surface area (Å²) in [6.07, 6.45) is 0.404. The normalized spacial score (nSPS) is 29.6. The van der Waals surface area contributed by atoms with E-state index in [0.717, 1.165) is 11.1 Å². The van der Waals surface area contributed by atoms with Crippen LogP contribution in [-0.2, 0) is 16.9 Å². The highest BCUT2D eigenvalue weighted by Crippen LogP contribution is 2.27. The summed E-state index contributed by atoms with van der Waals surface area (Å²) >= 11 is 0. The molecule has 0 aromatic heterocycles. The molecule has 2 rings (SSSR count). The second-order valence-corrected chi connectivity index (χ2v) is 3.97. The van der Waals surface area contributed by atoms with E-state index in [1.54, 1.807) is 13.0 Å². The molecule has 0 saturated carbocycles. The number of rotatable bonds is 1. The molecule has 0 aliphatic carbocycles. The fourth-order valence-electron chi connectivity index (χ4n) is 2.01. The minimum atomic E-state index is -1.27. The molecule has 0 bridgehead atoms. The van der Waals surface area contributed by atoms with E-state index in [4.69, 9.17) is 5.11 Å². The van der Waals surface area contributed by atoms with Gasteiger partial charge in [0.15, 0.2) is 0 Å². The van der Waals surface area contributed by atoms with Gasteiger partial charge in [0.2, 0.25) is 0 Å². The smallest absolute Gasteiger partial charge is 0.321 e. The fourth-order valence-corrected chi connectivity index (χ4v) is 2.01. The molecule has 4 heteroatoms. The van der Waals surface area contributed by atoms with Gasteiger partial charge >= 0.3 is 5.97 Å². The molecular formula is C11H13NO3. The number of carboxylic acids is 1. The van der Waals surface area contributed by atoms with Crippen LogP contribution in [0.3, 0.4) is 0 Å².